The highest BCUT2D eigenvalue weighted by molar-refractivity contribution is 5.93. The van der Waals surface area contributed by atoms with Crippen molar-refractivity contribution in [2.24, 2.45) is 0 Å². The number of hydrogen-bond acceptors (Lipinski definition) is 3. The van der Waals surface area contributed by atoms with Crippen LogP contribution in [0.15, 0.2) is 47.4 Å². The summed E-state index contributed by atoms with van der Waals surface area (Å²) in [6, 6.07) is 9.42. The van der Waals surface area contributed by atoms with Crippen LogP contribution in [0.25, 0.3) is 0 Å². The third-order valence-corrected chi connectivity index (χ3v) is 5.60. The summed E-state index contributed by atoms with van der Waals surface area (Å²) in [5.41, 5.74) is -0.314. The van der Waals surface area contributed by atoms with E-state index in [2.05, 4.69) is 10.6 Å². The van der Waals surface area contributed by atoms with E-state index in [9.17, 15) is 18.8 Å². The highest BCUT2D eigenvalue weighted by Gasteiger charge is 2.23. The number of nitrogens with zero attached hydrogens (tertiary/aromatic N) is 1. The van der Waals surface area contributed by atoms with Crippen molar-refractivity contribution in [2.45, 2.75) is 57.5 Å². The molecule has 0 bridgehead atoms. The van der Waals surface area contributed by atoms with Gasteiger partial charge in [0.15, 0.2) is 0 Å². The fourth-order valence-electron chi connectivity index (χ4n) is 3.74. The minimum atomic E-state index is -0.521. The Kier molecular flexibility index (Phi) is 6.70. The lowest BCUT2D eigenvalue weighted by atomic mass is 9.84. The zero-order valence-electron chi connectivity index (χ0n) is 17.4. The smallest absolute Gasteiger partial charge is 0.263 e. The maximum Gasteiger partial charge on any atom is 0.263 e. The predicted molar refractivity (Wildman–Crippen MR) is 113 cm³/mol. The molecule has 2 amide bonds. The minimum Gasteiger partial charge on any atom is -0.352 e. The summed E-state index contributed by atoms with van der Waals surface area (Å²) in [6.07, 6.45) is 5.64. The molecule has 0 aliphatic heterocycles. The Labute approximate surface area is 175 Å². The Bertz CT molecular complexity index is 978. The second kappa shape index (κ2) is 9.24. The molecule has 0 atom stereocenters. The summed E-state index contributed by atoms with van der Waals surface area (Å²) in [4.78, 5) is 37.6. The lowest BCUT2D eigenvalue weighted by Gasteiger charge is -2.25. The summed E-state index contributed by atoms with van der Waals surface area (Å²) in [5, 5.41) is 5.70. The molecule has 1 aromatic carbocycles. The van der Waals surface area contributed by atoms with Crippen molar-refractivity contribution in [1.82, 2.24) is 15.2 Å². The molecule has 2 aromatic rings. The van der Waals surface area contributed by atoms with Gasteiger partial charge in [-0.05, 0) is 42.7 Å². The number of halogens is 1. The van der Waals surface area contributed by atoms with Crippen LogP contribution in [0.4, 0.5) is 4.39 Å². The summed E-state index contributed by atoms with van der Waals surface area (Å²) < 4.78 is 14.8. The second-order valence-electron chi connectivity index (χ2n) is 8.48. The Hall–Kier alpha value is -2.96. The molecule has 1 heterocycles. The van der Waals surface area contributed by atoms with Crippen molar-refractivity contribution in [3.63, 3.8) is 0 Å². The first-order valence-corrected chi connectivity index (χ1v) is 10.3. The Morgan fingerprint density at radius 3 is 2.60 bits per heavy atom. The number of carbonyl (C=O) groups is 2. The molecule has 3 rings (SSSR count). The monoisotopic (exact) mass is 413 g/mol. The lowest BCUT2D eigenvalue weighted by Crippen LogP contribution is -2.41. The van der Waals surface area contributed by atoms with E-state index in [1.54, 1.807) is 18.2 Å². The summed E-state index contributed by atoms with van der Waals surface area (Å²) >= 11 is 0. The summed E-state index contributed by atoms with van der Waals surface area (Å²) in [5.74, 6) is -1.09. The van der Waals surface area contributed by atoms with E-state index in [1.165, 1.54) is 29.0 Å². The van der Waals surface area contributed by atoms with Gasteiger partial charge < -0.3 is 15.2 Å². The quantitative estimate of drug-likeness (QED) is 0.733. The van der Waals surface area contributed by atoms with Gasteiger partial charge >= 0.3 is 0 Å². The zero-order chi connectivity index (χ0) is 21.7. The third-order valence-electron chi connectivity index (χ3n) is 5.60. The molecule has 6 nitrogen and oxygen atoms in total. The Morgan fingerprint density at radius 2 is 1.90 bits per heavy atom. The average molecular weight is 413 g/mol. The van der Waals surface area contributed by atoms with Crippen LogP contribution in [0, 0.1) is 5.82 Å². The number of benzene rings is 1. The van der Waals surface area contributed by atoms with Crippen molar-refractivity contribution < 1.29 is 14.0 Å². The van der Waals surface area contributed by atoms with Crippen LogP contribution in [0.2, 0.25) is 0 Å². The molecule has 1 aliphatic carbocycles. The van der Waals surface area contributed by atoms with E-state index in [1.807, 2.05) is 13.8 Å². The minimum absolute atomic E-state index is 0.0267. The fraction of sp³-hybridized carbons (Fsp3) is 0.435. The van der Waals surface area contributed by atoms with E-state index < -0.39 is 16.9 Å². The largest absolute Gasteiger partial charge is 0.352 e. The molecule has 7 heteroatoms. The van der Waals surface area contributed by atoms with E-state index >= 15 is 0 Å². The first-order valence-electron chi connectivity index (χ1n) is 10.3. The van der Waals surface area contributed by atoms with Gasteiger partial charge in [-0.15, -0.1) is 0 Å². The van der Waals surface area contributed by atoms with Gasteiger partial charge in [-0.1, -0.05) is 38.8 Å². The average Bonchev–Trinajstić information content (AvgIpc) is 3.21. The van der Waals surface area contributed by atoms with Gasteiger partial charge in [0.05, 0.1) is 0 Å². The Morgan fingerprint density at radius 1 is 1.17 bits per heavy atom. The van der Waals surface area contributed by atoms with Gasteiger partial charge in [0, 0.05) is 24.2 Å². The molecular formula is C23H28FN3O3. The van der Waals surface area contributed by atoms with E-state index in [0.29, 0.717) is 0 Å². The van der Waals surface area contributed by atoms with Gasteiger partial charge in [-0.25, -0.2) is 4.39 Å². The number of aromatic nitrogens is 1. The fourth-order valence-corrected chi connectivity index (χ4v) is 3.74. The number of amides is 2. The number of pyridine rings is 1. The molecule has 1 aromatic heterocycles. The lowest BCUT2D eigenvalue weighted by molar-refractivity contribution is -0.122. The second-order valence-corrected chi connectivity index (χ2v) is 8.48. The van der Waals surface area contributed by atoms with Crippen molar-refractivity contribution in [2.75, 3.05) is 6.54 Å². The summed E-state index contributed by atoms with van der Waals surface area (Å²) in [6.45, 7) is 3.88. The molecule has 0 spiro atoms. The van der Waals surface area contributed by atoms with Crippen LogP contribution in [0.1, 0.15) is 55.5 Å². The van der Waals surface area contributed by atoms with E-state index in [-0.39, 0.29) is 36.4 Å². The van der Waals surface area contributed by atoms with Gasteiger partial charge in [-0.2, -0.15) is 0 Å². The van der Waals surface area contributed by atoms with Crippen molar-refractivity contribution >= 4 is 11.8 Å². The van der Waals surface area contributed by atoms with Gasteiger partial charge in [-0.3, -0.25) is 14.4 Å². The van der Waals surface area contributed by atoms with E-state index in [0.717, 1.165) is 31.2 Å². The first-order chi connectivity index (χ1) is 14.3. The van der Waals surface area contributed by atoms with Gasteiger partial charge in [0.1, 0.15) is 17.9 Å². The third kappa shape index (κ3) is 5.34. The number of rotatable bonds is 7. The maximum atomic E-state index is 13.5. The highest BCUT2D eigenvalue weighted by atomic mass is 19.1. The van der Waals surface area contributed by atoms with Crippen LogP contribution in [-0.2, 0) is 16.8 Å². The molecule has 160 valence electrons. The van der Waals surface area contributed by atoms with Crippen LogP contribution < -0.4 is 16.2 Å². The number of hydrogen-bond donors (Lipinski definition) is 2. The number of nitrogens with one attached hydrogen (secondary N) is 2. The molecule has 30 heavy (non-hydrogen) atoms. The van der Waals surface area contributed by atoms with E-state index in [4.69, 9.17) is 0 Å². The molecule has 1 aliphatic rings. The topological polar surface area (TPSA) is 80.2 Å². The van der Waals surface area contributed by atoms with Crippen LogP contribution in [0.3, 0.4) is 0 Å². The molecule has 2 N–H and O–H groups in total. The summed E-state index contributed by atoms with van der Waals surface area (Å²) in [7, 11) is 0. The molecule has 0 unspecified atom stereocenters. The van der Waals surface area contributed by atoms with Crippen molar-refractivity contribution in [1.29, 1.82) is 0 Å². The van der Waals surface area contributed by atoms with Crippen LogP contribution >= 0.6 is 0 Å². The van der Waals surface area contributed by atoms with Crippen molar-refractivity contribution in [3.8, 4) is 0 Å². The molecular weight excluding hydrogens is 385 g/mol. The van der Waals surface area contributed by atoms with Crippen molar-refractivity contribution in [3.05, 3.63) is 69.9 Å². The Balaban J connectivity index is 1.65. The molecule has 0 saturated heterocycles. The van der Waals surface area contributed by atoms with Gasteiger partial charge in [0.25, 0.3) is 11.5 Å². The first kappa shape index (κ1) is 21.7. The maximum absolute atomic E-state index is 13.5. The highest BCUT2D eigenvalue weighted by Crippen LogP contribution is 2.23. The zero-order valence-corrected chi connectivity index (χ0v) is 17.4. The van der Waals surface area contributed by atoms with Gasteiger partial charge in [0.2, 0.25) is 5.91 Å². The SMILES string of the molecule is CC(C)(CNC(=O)c1cccn(CC(=O)NC2CCCC2)c1=O)c1cccc(F)c1. The van der Waals surface area contributed by atoms with Crippen LogP contribution in [-0.4, -0.2) is 29.0 Å². The standard InChI is InChI=1S/C23H28FN3O3/c1-23(2,16-7-5-8-17(24)13-16)15-25-21(29)19-11-6-12-27(22(19)30)14-20(28)26-18-9-3-4-10-18/h5-8,11-13,18H,3-4,9-10,14-15H2,1-2H3,(H,25,29)(H,26,28). The number of carbonyl (C=O) groups excluding carboxylic acids is 2. The molecule has 1 saturated carbocycles. The van der Waals surface area contributed by atoms with Crippen LogP contribution in [0.5, 0.6) is 0 Å². The molecule has 0 radical (unpaired) electrons. The predicted octanol–water partition coefficient (Wildman–Crippen LogP) is 2.75. The molecule has 1 fully saturated rings. The normalized spacial score (nSPS) is 14.5.